The van der Waals surface area contributed by atoms with Gasteiger partial charge in [-0.25, -0.2) is 8.42 Å². The maximum absolute atomic E-state index is 12.7. The molecule has 0 aliphatic heterocycles. The second-order valence-electron chi connectivity index (χ2n) is 7.17. The lowest BCUT2D eigenvalue weighted by Crippen LogP contribution is -2.46. The van der Waals surface area contributed by atoms with Crippen LogP contribution >= 0.6 is 0 Å². The molecule has 0 fully saturated rings. The van der Waals surface area contributed by atoms with E-state index in [0.29, 0.717) is 5.69 Å². The molecule has 0 saturated heterocycles. The van der Waals surface area contributed by atoms with E-state index in [-0.39, 0.29) is 20.5 Å². The zero-order valence-corrected chi connectivity index (χ0v) is 17.9. The highest BCUT2D eigenvalue weighted by atomic mass is 32.2. The molecule has 2 aromatic heterocycles. The molecule has 0 unspecified atom stereocenters. The first-order chi connectivity index (χ1) is 15.3. The van der Waals surface area contributed by atoms with Gasteiger partial charge in [0.2, 0.25) is 9.84 Å². The Morgan fingerprint density at radius 1 is 0.750 bits per heavy atom. The minimum atomic E-state index is -3.70. The van der Waals surface area contributed by atoms with Crippen molar-refractivity contribution < 1.29 is 8.42 Å². The van der Waals surface area contributed by atoms with Crippen LogP contribution in [0.15, 0.2) is 92.3 Å². The summed E-state index contributed by atoms with van der Waals surface area (Å²) >= 11 is 0. The lowest BCUT2D eigenvalue weighted by molar-refractivity contribution is 0.595. The van der Waals surface area contributed by atoms with Crippen LogP contribution in [0, 0.1) is 6.92 Å². The topological polar surface area (TPSA) is 113 Å². The Morgan fingerprint density at radius 3 is 1.94 bits per heavy atom. The van der Waals surface area contributed by atoms with Crippen molar-refractivity contribution in [2.24, 2.45) is 0 Å². The number of nitrogens with zero attached hydrogens (tertiary/aromatic N) is 1. The first kappa shape index (κ1) is 21.2. The number of aromatic amines is 2. The summed E-state index contributed by atoms with van der Waals surface area (Å²) in [6.07, 6.45) is 4.19. The van der Waals surface area contributed by atoms with Crippen LogP contribution in [-0.2, 0) is 9.84 Å². The Kier molecular flexibility index (Phi) is 5.70. The molecule has 0 saturated carbocycles. The molecule has 7 nitrogen and oxygen atoms in total. The summed E-state index contributed by atoms with van der Waals surface area (Å²) in [6, 6.07) is 18.6. The van der Waals surface area contributed by atoms with Crippen LogP contribution in [0.2, 0.25) is 0 Å². The van der Waals surface area contributed by atoms with Crippen molar-refractivity contribution in [1.29, 1.82) is 0 Å². The van der Waals surface area contributed by atoms with Gasteiger partial charge in [0.25, 0.3) is 11.1 Å². The monoisotopic (exact) mass is 445 g/mol. The van der Waals surface area contributed by atoms with Gasteiger partial charge in [0.1, 0.15) is 10.7 Å². The summed E-state index contributed by atoms with van der Waals surface area (Å²) in [6.45, 7) is 1.88. The number of sulfone groups is 1. The zero-order chi connectivity index (χ0) is 22.7. The fourth-order valence-electron chi connectivity index (χ4n) is 3.05. The average molecular weight is 446 g/mol. The van der Waals surface area contributed by atoms with Gasteiger partial charge in [0.05, 0.1) is 15.5 Å². The SMILES string of the molecule is Cc1ccc(S(=O)(=O)c2ccc(C=c3[nH]c(=O)c(=Cc4ccccc4)[nH]c3=O)nc2)cc1. The van der Waals surface area contributed by atoms with Gasteiger partial charge in [-0.3, -0.25) is 14.6 Å². The van der Waals surface area contributed by atoms with Crippen molar-refractivity contribution in [2.45, 2.75) is 16.7 Å². The summed E-state index contributed by atoms with van der Waals surface area (Å²) in [4.78, 5) is 34.2. The van der Waals surface area contributed by atoms with Crippen molar-refractivity contribution in [2.75, 3.05) is 0 Å². The molecule has 2 N–H and O–H groups in total. The van der Waals surface area contributed by atoms with Gasteiger partial charge in [0, 0.05) is 6.20 Å². The number of benzene rings is 2. The van der Waals surface area contributed by atoms with Gasteiger partial charge in [-0.05, 0) is 48.9 Å². The summed E-state index contributed by atoms with van der Waals surface area (Å²) in [7, 11) is -3.70. The lowest BCUT2D eigenvalue weighted by Gasteiger charge is -2.05. The third-order valence-corrected chi connectivity index (χ3v) is 6.54. The van der Waals surface area contributed by atoms with E-state index in [4.69, 9.17) is 0 Å². The Morgan fingerprint density at radius 2 is 1.34 bits per heavy atom. The quantitative estimate of drug-likeness (QED) is 0.491. The fourth-order valence-corrected chi connectivity index (χ4v) is 4.25. The first-order valence-electron chi connectivity index (χ1n) is 9.72. The maximum atomic E-state index is 12.7. The molecule has 0 atom stereocenters. The van der Waals surface area contributed by atoms with Gasteiger partial charge >= 0.3 is 0 Å². The molecule has 0 aliphatic carbocycles. The molecule has 0 spiro atoms. The molecule has 0 aliphatic rings. The van der Waals surface area contributed by atoms with E-state index < -0.39 is 21.0 Å². The highest BCUT2D eigenvalue weighted by Gasteiger charge is 2.17. The van der Waals surface area contributed by atoms with Crippen LogP contribution in [0.3, 0.4) is 0 Å². The molecule has 0 amide bonds. The smallest absolute Gasteiger partial charge is 0.272 e. The average Bonchev–Trinajstić information content (AvgIpc) is 2.78. The molecule has 4 aromatic rings. The van der Waals surface area contributed by atoms with Crippen LogP contribution in [-0.4, -0.2) is 23.4 Å². The molecule has 8 heteroatoms. The van der Waals surface area contributed by atoms with Gasteiger partial charge in [0.15, 0.2) is 0 Å². The Bertz CT molecular complexity index is 1600. The number of hydrogen-bond acceptors (Lipinski definition) is 5. The predicted octanol–water partition coefficient (Wildman–Crippen LogP) is 1.26. The van der Waals surface area contributed by atoms with E-state index in [1.54, 1.807) is 30.3 Å². The lowest BCUT2D eigenvalue weighted by atomic mass is 10.2. The third-order valence-electron chi connectivity index (χ3n) is 4.79. The van der Waals surface area contributed by atoms with E-state index in [0.717, 1.165) is 11.1 Å². The van der Waals surface area contributed by atoms with E-state index in [1.165, 1.54) is 24.4 Å². The molecule has 0 radical (unpaired) electrons. The summed E-state index contributed by atoms with van der Waals surface area (Å²) in [5.41, 5.74) is 1.10. The molecule has 160 valence electrons. The van der Waals surface area contributed by atoms with Gasteiger partial charge in [-0.2, -0.15) is 0 Å². The minimum Gasteiger partial charge on any atom is -0.316 e. The number of rotatable bonds is 4. The number of H-pyrrole nitrogens is 2. The highest BCUT2D eigenvalue weighted by Crippen LogP contribution is 2.20. The van der Waals surface area contributed by atoms with E-state index in [9.17, 15) is 18.0 Å². The second-order valence-corrected chi connectivity index (χ2v) is 9.12. The summed E-state index contributed by atoms with van der Waals surface area (Å²) in [5, 5.41) is 0.146. The fraction of sp³-hybridized carbons (Fsp3) is 0.0417. The van der Waals surface area contributed by atoms with Crippen molar-refractivity contribution in [3.05, 3.63) is 121 Å². The van der Waals surface area contributed by atoms with Gasteiger partial charge < -0.3 is 9.97 Å². The van der Waals surface area contributed by atoms with Crippen molar-refractivity contribution in [1.82, 2.24) is 15.0 Å². The van der Waals surface area contributed by atoms with Crippen LogP contribution in [0.5, 0.6) is 0 Å². The molecule has 4 rings (SSSR count). The number of nitrogens with one attached hydrogen (secondary N) is 2. The number of pyridine rings is 1. The van der Waals surface area contributed by atoms with E-state index >= 15 is 0 Å². The molecular formula is C24H19N3O4S. The minimum absolute atomic E-state index is 0.0156. The van der Waals surface area contributed by atoms with Gasteiger partial charge in [-0.1, -0.05) is 48.0 Å². The third kappa shape index (κ3) is 4.50. The predicted molar refractivity (Wildman–Crippen MR) is 121 cm³/mol. The maximum Gasteiger partial charge on any atom is 0.272 e. The Balaban J connectivity index is 1.69. The first-order valence-corrected chi connectivity index (χ1v) is 11.2. The zero-order valence-electron chi connectivity index (χ0n) is 17.1. The largest absolute Gasteiger partial charge is 0.316 e. The van der Waals surface area contributed by atoms with Crippen LogP contribution in [0.4, 0.5) is 0 Å². The number of hydrogen-bond donors (Lipinski definition) is 2. The molecule has 2 heterocycles. The standard InChI is InChI=1S/C24H19N3O4S/c1-16-7-10-19(11-8-16)32(30,31)20-12-9-18(25-15-20)14-22-24(29)26-21(23(28)27-22)13-17-5-3-2-4-6-17/h2-15H,1H3,(H,26,29)(H,27,28). The Hall–Kier alpha value is -4.04. The van der Waals surface area contributed by atoms with Crippen molar-refractivity contribution in [3.8, 4) is 0 Å². The van der Waals surface area contributed by atoms with Crippen molar-refractivity contribution >= 4 is 22.0 Å². The second kappa shape index (κ2) is 8.60. The van der Waals surface area contributed by atoms with E-state index in [1.807, 2.05) is 37.3 Å². The normalized spacial score (nSPS) is 12.8. The number of aromatic nitrogens is 3. The Labute approximate surface area is 183 Å². The number of aryl methyl sites for hydroxylation is 1. The molecule has 2 aromatic carbocycles. The van der Waals surface area contributed by atoms with Crippen molar-refractivity contribution in [3.63, 3.8) is 0 Å². The summed E-state index contributed by atoms with van der Waals surface area (Å²) < 4.78 is 25.5. The van der Waals surface area contributed by atoms with Crippen LogP contribution < -0.4 is 21.8 Å². The van der Waals surface area contributed by atoms with Crippen LogP contribution in [0.25, 0.3) is 12.2 Å². The molecule has 32 heavy (non-hydrogen) atoms. The summed E-state index contributed by atoms with van der Waals surface area (Å²) in [5.74, 6) is 0. The van der Waals surface area contributed by atoms with Crippen LogP contribution in [0.1, 0.15) is 16.8 Å². The molecule has 0 bridgehead atoms. The molecular weight excluding hydrogens is 426 g/mol. The van der Waals surface area contributed by atoms with Gasteiger partial charge in [-0.15, -0.1) is 0 Å². The van der Waals surface area contributed by atoms with E-state index in [2.05, 4.69) is 15.0 Å². The highest BCUT2D eigenvalue weighted by molar-refractivity contribution is 7.91.